The standard InChI is InChI=1S/C6H6NO2/c1-4-3-5(8)7(2)6(4)9/h3H,2H2,1H3. The van der Waals surface area contributed by atoms with E-state index in [0.717, 1.165) is 4.90 Å². The van der Waals surface area contributed by atoms with Crippen molar-refractivity contribution in [2.45, 2.75) is 6.92 Å². The van der Waals surface area contributed by atoms with E-state index in [1.807, 2.05) is 0 Å². The summed E-state index contributed by atoms with van der Waals surface area (Å²) in [4.78, 5) is 22.1. The summed E-state index contributed by atoms with van der Waals surface area (Å²) in [5, 5.41) is 0. The van der Waals surface area contributed by atoms with Crippen LogP contribution in [0.15, 0.2) is 11.6 Å². The summed E-state index contributed by atoms with van der Waals surface area (Å²) in [7, 11) is 3.23. The average molecular weight is 124 g/mol. The van der Waals surface area contributed by atoms with E-state index in [4.69, 9.17) is 0 Å². The van der Waals surface area contributed by atoms with Gasteiger partial charge in [-0.15, -0.1) is 0 Å². The van der Waals surface area contributed by atoms with Gasteiger partial charge in [0.05, 0.1) is 0 Å². The number of carbonyl (C=O) groups excluding carboxylic acids is 2. The van der Waals surface area contributed by atoms with Crippen LogP contribution in [0.25, 0.3) is 0 Å². The SMILES string of the molecule is [CH2]N1C(=O)C=C(C)C1=O. The summed E-state index contributed by atoms with van der Waals surface area (Å²) in [6.07, 6.45) is 1.27. The normalized spacial score (nSPS) is 18.9. The maximum Gasteiger partial charge on any atom is 0.256 e. The topological polar surface area (TPSA) is 37.4 Å². The molecule has 1 rings (SSSR count). The van der Waals surface area contributed by atoms with Gasteiger partial charge in [0.1, 0.15) is 0 Å². The molecule has 0 spiro atoms. The smallest absolute Gasteiger partial charge is 0.256 e. The van der Waals surface area contributed by atoms with Crippen LogP contribution in [0.2, 0.25) is 0 Å². The third-order valence-corrected chi connectivity index (χ3v) is 1.19. The molecule has 0 aromatic rings. The minimum absolute atomic E-state index is 0.306. The van der Waals surface area contributed by atoms with Crippen LogP contribution in [-0.4, -0.2) is 16.7 Å². The molecular weight excluding hydrogens is 118 g/mol. The molecule has 1 aliphatic heterocycles. The van der Waals surface area contributed by atoms with E-state index < -0.39 is 0 Å². The minimum atomic E-state index is -0.336. The fourth-order valence-corrected chi connectivity index (χ4v) is 0.638. The quantitative estimate of drug-likeness (QED) is 0.429. The third kappa shape index (κ3) is 0.740. The van der Waals surface area contributed by atoms with Gasteiger partial charge in [0, 0.05) is 18.7 Å². The first-order valence-corrected chi connectivity index (χ1v) is 2.50. The van der Waals surface area contributed by atoms with Gasteiger partial charge in [-0.3, -0.25) is 14.5 Å². The Morgan fingerprint density at radius 2 is 2.11 bits per heavy atom. The van der Waals surface area contributed by atoms with Gasteiger partial charge in [-0.2, -0.15) is 0 Å². The number of hydrogen-bond donors (Lipinski definition) is 0. The molecule has 0 bridgehead atoms. The Hall–Kier alpha value is -1.12. The van der Waals surface area contributed by atoms with Crippen molar-refractivity contribution in [1.29, 1.82) is 0 Å². The molecule has 0 N–H and O–H groups in total. The molecule has 0 aromatic heterocycles. The summed E-state index contributed by atoms with van der Waals surface area (Å²) in [5.41, 5.74) is 0.454. The molecule has 0 fully saturated rings. The molecule has 0 saturated heterocycles. The molecule has 3 nitrogen and oxygen atoms in total. The van der Waals surface area contributed by atoms with E-state index in [1.54, 1.807) is 6.92 Å². The Morgan fingerprint density at radius 1 is 1.56 bits per heavy atom. The zero-order valence-electron chi connectivity index (χ0n) is 5.05. The van der Waals surface area contributed by atoms with Crippen molar-refractivity contribution in [3.63, 3.8) is 0 Å². The first-order valence-electron chi connectivity index (χ1n) is 2.50. The minimum Gasteiger partial charge on any atom is -0.273 e. The van der Waals surface area contributed by atoms with Crippen molar-refractivity contribution in [1.82, 2.24) is 4.90 Å². The first kappa shape index (κ1) is 6.01. The number of rotatable bonds is 0. The van der Waals surface area contributed by atoms with Crippen molar-refractivity contribution in [2.24, 2.45) is 0 Å². The van der Waals surface area contributed by atoms with Crippen LogP contribution in [0.3, 0.4) is 0 Å². The molecule has 1 radical (unpaired) electrons. The maximum atomic E-state index is 10.7. The lowest BCUT2D eigenvalue weighted by atomic mass is 10.3. The average Bonchev–Trinajstić information content (AvgIpc) is 1.98. The largest absolute Gasteiger partial charge is 0.273 e. The molecule has 2 amide bonds. The van der Waals surface area contributed by atoms with Crippen molar-refractivity contribution >= 4 is 11.8 Å². The molecule has 47 valence electrons. The lowest BCUT2D eigenvalue weighted by molar-refractivity contribution is -0.134. The zero-order valence-corrected chi connectivity index (χ0v) is 5.05. The number of hydrogen-bond acceptors (Lipinski definition) is 2. The summed E-state index contributed by atoms with van der Waals surface area (Å²) < 4.78 is 0. The van der Waals surface area contributed by atoms with Crippen LogP contribution in [0.1, 0.15) is 6.92 Å². The number of amides is 2. The highest BCUT2D eigenvalue weighted by atomic mass is 16.2. The van der Waals surface area contributed by atoms with E-state index in [1.165, 1.54) is 6.08 Å². The Morgan fingerprint density at radius 3 is 2.22 bits per heavy atom. The van der Waals surface area contributed by atoms with E-state index in [9.17, 15) is 9.59 Å². The summed E-state index contributed by atoms with van der Waals surface area (Å²) in [5.74, 6) is -0.641. The molecule has 0 aliphatic carbocycles. The second-order valence-electron chi connectivity index (χ2n) is 1.90. The van der Waals surface area contributed by atoms with Crippen molar-refractivity contribution in [3.8, 4) is 0 Å². The fourth-order valence-electron chi connectivity index (χ4n) is 0.638. The number of carbonyl (C=O) groups is 2. The Kier molecular flexibility index (Phi) is 1.12. The second kappa shape index (κ2) is 1.69. The highest BCUT2D eigenvalue weighted by Crippen LogP contribution is 2.08. The molecular formula is C6H6NO2. The Bertz CT molecular complexity index is 205. The van der Waals surface area contributed by atoms with Crippen LogP contribution in [-0.2, 0) is 9.59 Å². The summed E-state index contributed by atoms with van der Waals surface area (Å²) >= 11 is 0. The predicted molar refractivity (Wildman–Crippen MR) is 31.0 cm³/mol. The van der Waals surface area contributed by atoms with Crippen molar-refractivity contribution < 1.29 is 9.59 Å². The van der Waals surface area contributed by atoms with E-state index in [0.29, 0.717) is 5.57 Å². The van der Waals surface area contributed by atoms with Gasteiger partial charge < -0.3 is 0 Å². The molecule has 0 unspecified atom stereocenters. The number of imide groups is 1. The predicted octanol–water partition coefficient (Wildman–Crippen LogP) is 0.0931. The van der Waals surface area contributed by atoms with Crippen LogP contribution < -0.4 is 0 Å². The lowest BCUT2D eigenvalue weighted by Crippen LogP contribution is -2.23. The van der Waals surface area contributed by atoms with Crippen molar-refractivity contribution in [3.05, 3.63) is 18.7 Å². The fraction of sp³-hybridized carbons (Fsp3) is 0.167. The highest BCUT2D eigenvalue weighted by molar-refractivity contribution is 6.15. The first-order chi connectivity index (χ1) is 4.13. The lowest BCUT2D eigenvalue weighted by Gasteiger charge is -2.02. The van der Waals surface area contributed by atoms with Crippen LogP contribution in [0.4, 0.5) is 0 Å². The number of nitrogens with zero attached hydrogens (tertiary/aromatic N) is 1. The van der Waals surface area contributed by atoms with E-state index in [-0.39, 0.29) is 11.8 Å². The maximum absolute atomic E-state index is 10.7. The van der Waals surface area contributed by atoms with Crippen LogP contribution in [0, 0.1) is 7.05 Å². The highest BCUT2D eigenvalue weighted by Gasteiger charge is 2.23. The molecule has 1 heterocycles. The van der Waals surface area contributed by atoms with Gasteiger partial charge in [-0.1, -0.05) is 0 Å². The van der Waals surface area contributed by atoms with Gasteiger partial charge >= 0.3 is 0 Å². The molecule has 9 heavy (non-hydrogen) atoms. The van der Waals surface area contributed by atoms with Gasteiger partial charge in [0.25, 0.3) is 11.8 Å². The Labute approximate surface area is 53.0 Å². The van der Waals surface area contributed by atoms with Gasteiger partial charge in [-0.05, 0) is 6.92 Å². The summed E-state index contributed by atoms with van der Waals surface area (Å²) in [6.45, 7) is 1.59. The van der Waals surface area contributed by atoms with Gasteiger partial charge in [0.15, 0.2) is 0 Å². The second-order valence-corrected chi connectivity index (χ2v) is 1.90. The van der Waals surface area contributed by atoms with E-state index in [2.05, 4.69) is 7.05 Å². The Balaban J connectivity index is 2.95. The van der Waals surface area contributed by atoms with E-state index >= 15 is 0 Å². The third-order valence-electron chi connectivity index (χ3n) is 1.19. The van der Waals surface area contributed by atoms with Gasteiger partial charge in [-0.25, -0.2) is 0 Å². The van der Waals surface area contributed by atoms with Crippen LogP contribution >= 0.6 is 0 Å². The molecule has 0 saturated carbocycles. The van der Waals surface area contributed by atoms with Crippen LogP contribution in [0.5, 0.6) is 0 Å². The summed E-state index contributed by atoms with van der Waals surface area (Å²) in [6, 6.07) is 0. The molecule has 0 atom stereocenters. The van der Waals surface area contributed by atoms with Crippen molar-refractivity contribution in [2.75, 3.05) is 0 Å². The molecule has 0 aromatic carbocycles. The molecule has 3 heteroatoms. The monoisotopic (exact) mass is 124 g/mol. The molecule has 1 aliphatic rings. The zero-order chi connectivity index (χ0) is 7.02. The van der Waals surface area contributed by atoms with Gasteiger partial charge in [0.2, 0.25) is 0 Å².